The SMILES string of the molecule is O=[N+]([O-])O.O=[N+]([O-])[O-].O=[N+]([O-])[O-].O=[N+]([O-])[O-].O=[N+]([O-])[O-].O=[N+]([O-])[O-].[K+].[Mo+4]. The number of rotatable bonds is 0. The minimum atomic E-state index is -1.75. The number of hydrogen-bond acceptors (Lipinski definition) is 17. The van der Waals surface area contributed by atoms with Gasteiger partial charge in [0.05, 0.1) is 25.4 Å². The van der Waals surface area contributed by atoms with Crippen molar-refractivity contribution < 1.29 is 108 Å². The van der Waals surface area contributed by atoms with E-state index >= 15 is 0 Å². The van der Waals surface area contributed by atoms with E-state index < -0.39 is 30.5 Å². The van der Waals surface area contributed by atoms with Gasteiger partial charge >= 0.3 is 72.4 Å². The first-order valence-electron chi connectivity index (χ1n) is 3.30. The Morgan fingerprint density at radius 3 is 0.423 bits per heavy atom. The molecule has 146 valence electrons. The van der Waals surface area contributed by atoms with E-state index in [2.05, 4.69) is 0 Å². The van der Waals surface area contributed by atoms with Gasteiger partial charge in [-0.15, -0.1) is 10.1 Å². The van der Waals surface area contributed by atoms with Crippen molar-refractivity contribution in [1.29, 1.82) is 0 Å². The molecule has 0 heterocycles. The molecule has 0 radical (unpaired) electrons. The van der Waals surface area contributed by atoms with Gasteiger partial charge in [-0.05, 0) is 0 Å². The zero-order valence-electron chi connectivity index (χ0n) is 11.5. The quantitative estimate of drug-likeness (QED) is 0.183. The van der Waals surface area contributed by atoms with Crippen molar-refractivity contribution >= 4 is 0 Å². The summed E-state index contributed by atoms with van der Waals surface area (Å²) in [4.78, 5) is 49.6. The van der Waals surface area contributed by atoms with Crippen LogP contribution in [0.2, 0.25) is 0 Å². The van der Waals surface area contributed by atoms with Crippen molar-refractivity contribution in [1.82, 2.24) is 0 Å². The van der Waals surface area contributed by atoms with Crippen LogP contribution in [0, 0.1) is 86.7 Å². The maximum absolute atomic E-state index is 8.36. The first-order chi connectivity index (χ1) is 10.4. The molecule has 0 spiro atoms. The van der Waals surface area contributed by atoms with E-state index in [1.165, 1.54) is 0 Å². The minimum Gasteiger partial charge on any atom is -0.356 e. The van der Waals surface area contributed by atoms with Crippen molar-refractivity contribution in [2.45, 2.75) is 0 Å². The summed E-state index contributed by atoms with van der Waals surface area (Å²) in [6, 6.07) is 0. The third-order valence-electron chi connectivity index (χ3n) is 0. The molecule has 0 bridgehead atoms. The summed E-state index contributed by atoms with van der Waals surface area (Å²) >= 11 is 0. The van der Waals surface area contributed by atoms with Crippen LogP contribution in [-0.4, -0.2) is 35.7 Å². The predicted molar refractivity (Wildman–Crippen MR) is 60.6 cm³/mol. The molecular formula is HKMoN6O18. The van der Waals surface area contributed by atoms with Crippen LogP contribution < -0.4 is 51.4 Å². The molecule has 0 aliphatic carbocycles. The van der Waals surface area contributed by atoms with Crippen molar-refractivity contribution in [2.75, 3.05) is 0 Å². The Morgan fingerprint density at radius 1 is 0.423 bits per heavy atom. The molecule has 0 aromatic rings. The average molecular weight is 508 g/mol. The second kappa shape index (κ2) is 43.3. The molecule has 26 heteroatoms. The molecule has 0 aliphatic heterocycles. The van der Waals surface area contributed by atoms with Crippen molar-refractivity contribution in [3.63, 3.8) is 0 Å². The van der Waals surface area contributed by atoms with Gasteiger partial charge in [0.15, 0.2) is 0 Å². The second-order valence-corrected chi connectivity index (χ2v) is 1.36. The van der Waals surface area contributed by atoms with Gasteiger partial charge in [-0.2, -0.15) is 0 Å². The van der Waals surface area contributed by atoms with E-state index in [9.17, 15) is 0 Å². The molecule has 0 amide bonds. The van der Waals surface area contributed by atoms with E-state index in [1.54, 1.807) is 0 Å². The maximum Gasteiger partial charge on any atom is 4.00 e. The van der Waals surface area contributed by atoms with E-state index in [0.29, 0.717) is 0 Å². The van der Waals surface area contributed by atoms with Gasteiger partial charge in [-0.3, -0.25) is 0 Å². The van der Waals surface area contributed by atoms with Gasteiger partial charge in [-0.1, -0.05) is 0 Å². The summed E-state index contributed by atoms with van der Waals surface area (Å²) in [5.74, 6) is 0. The predicted octanol–water partition coefficient (Wildman–Crippen LogP) is -4.54. The van der Waals surface area contributed by atoms with Gasteiger partial charge < -0.3 is 81.8 Å². The van der Waals surface area contributed by atoms with Crippen LogP contribution in [0.25, 0.3) is 0 Å². The van der Waals surface area contributed by atoms with Gasteiger partial charge in [0.2, 0.25) is 0 Å². The first-order valence-corrected chi connectivity index (χ1v) is 3.30. The summed E-state index contributed by atoms with van der Waals surface area (Å²) in [7, 11) is 0. The molecular weight excluding hydrogens is 507 g/mol. The third kappa shape index (κ3) is 1480. The van der Waals surface area contributed by atoms with Crippen molar-refractivity contribution in [3.8, 4) is 0 Å². The van der Waals surface area contributed by atoms with Gasteiger partial charge in [0.25, 0.3) is 5.09 Å². The molecule has 24 nitrogen and oxygen atoms in total. The molecule has 1 N–H and O–H groups in total. The second-order valence-electron chi connectivity index (χ2n) is 1.36. The summed E-state index contributed by atoms with van der Waals surface area (Å²) in [6.45, 7) is 0. The van der Waals surface area contributed by atoms with Gasteiger partial charge in [-0.25, -0.2) is 0 Å². The summed E-state index contributed by atoms with van der Waals surface area (Å²) in [5, 5.41) is 87.4. The molecule has 0 unspecified atom stereocenters. The maximum atomic E-state index is 8.36. The Bertz CT molecular complexity index is 263. The molecule has 0 saturated carbocycles. The Morgan fingerprint density at radius 2 is 0.423 bits per heavy atom. The zero-order chi connectivity index (χ0) is 21.5. The molecule has 0 aliphatic rings. The van der Waals surface area contributed by atoms with Crippen molar-refractivity contribution in [2.24, 2.45) is 0 Å². The Kier molecular flexibility index (Phi) is 82.5. The van der Waals surface area contributed by atoms with E-state index in [-0.39, 0.29) is 72.4 Å². The fraction of sp³-hybridized carbons (Fsp3) is 0. The van der Waals surface area contributed by atoms with Crippen LogP contribution in [0.15, 0.2) is 0 Å². The Balaban J connectivity index is -0.0000000245. The van der Waals surface area contributed by atoms with Gasteiger partial charge in [0.1, 0.15) is 0 Å². The molecule has 26 heavy (non-hydrogen) atoms. The fourth-order valence-corrected chi connectivity index (χ4v) is 0. The molecule has 0 aromatic carbocycles. The van der Waals surface area contributed by atoms with Crippen LogP contribution >= 0.6 is 0 Å². The van der Waals surface area contributed by atoms with Crippen LogP contribution in [-0.2, 0) is 21.1 Å². The monoisotopic (exact) mass is 510 g/mol. The van der Waals surface area contributed by atoms with Crippen molar-refractivity contribution in [3.05, 3.63) is 86.7 Å². The van der Waals surface area contributed by atoms with Crippen LogP contribution in [0.1, 0.15) is 0 Å². The molecule has 0 saturated heterocycles. The Labute approximate surface area is 193 Å². The molecule has 0 fully saturated rings. The van der Waals surface area contributed by atoms with Crippen LogP contribution in [0.3, 0.4) is 0 Å². The summed E-state index contributed by atoms with van der Waals surface area (Å²) in [6.07, 6.45) is 0. The normalized spacial score (nSPS) is 5.54. The van der Waals surface area contributed by atoms with Crippen LogP contribution in [0.5, 0.6) is 0 Å². The van der Waals surface area contributed by atoms with Gasteiger partial charge in [0, 0.05) is 0 Å². The fourth-order valence-electron chi connectivity index (χ4n) is 0. The average Bonchev–Trinajstić information content (AvgIpc) is 2.08. The minimum absolute atomic E-state index is 0. The number of nitrogens with zero attached hydrogens (tertiary/aromatic N) is 6. The molecule has 0 aromatic heterocycles. The summed E-state index contributed by atoms with van der Waals surface area (Å²) in [5.41, 5.74) is 0. The molecule has 0 rings (SSSR count). The molecule has 0 atom stereocenters. The topological polar surface area (TPSA) is 394 Å². The van der Waals surface area contributed by atoms with E-state index in [0.717, 1.165) is 0 Å². The standard InChI is InChI=1S/K.Mo.HNO3.5NO3/c;;6*2-1(3)4/h;;(H,2,3,4);;;;;/q+1;+4;;5*-1. The summed E-state index contributed by atoms with van der Waals surface area (Å²) < 4.78 is 0. The number of hydrogen-bond donors (Lipinski definition) is 1. The largest absolute Gasteiger partial charge is 4.00 e. The van der Waals surface area contributed by atoms with Crippen LogP contribution in [0.4, 0.5) is 0 Å². The first kappa shape index (κ1) is 49.5. The smallest absolute Gasteiger partial charge is 0.356 e. The third-order valence-corrected chi connectivity index (χ3v) is 0. The van der Waals surface area contributed by atoms with E-state index in [1.807, 2.05) is 0 Å². The Hall–Kier alpha value is -2.48. The van der Waals surface area contributed by atoms with E-state index in [4.69, 9.17) is 91.9 Å². The zero-order valence-corrected chi connectivity index (χ0v) is 16.6.